The largest absolute Gasteiger partial charge is 0.356 e. The maximum absolute atomic E-state index is 4.19. The van der Waals surface area contributed by atoms with E-state index in [1.165, 1.54) is 20.6 Å². The Morgan fingerprint density at radius 1 is 1.35 bits per heavy atom. The molecule has 0 amide bonds. The maximum atomic E-state index is 4.19. The molecule has 1 heterocycles. The summed E-state index contributed by atoms with van der Waals surface area (Å²) in [6.07, 6.45) is 3.45. The topological polar surface area (TPSA) is 36.4 Å². The van der Waals surface area contributed by atoms with E-state index in [1.807, 2.05) is 18.4 Å². The highest BCUT2D eigenvalue weighted by Gasteiger charge is 1.99. The Morgan fingerprint density at radius 2 is 2.12 bits per heavy atom. The minimum absolute atomic E-state index is 0.907. The Hall–Kier alpha value is -0.300. The van der Waals surface area contributed by atoms with Gasteiger partial charge in [0.05, 0.1) is 2.88 Å². The summed E-state index contributed by atoms with van der Waals surface area (Å²) in [4.78, 5) is 5.61. The second-order valence-corrected chi connectivity index (χ2v) is 6.80. The summed E-state index contributed by atoms with van der Waals surface area (Å²) in [5.74, 6) is 0.907. The molecule has 5 heteroatoms. The minimum Gasteiger partial charge on any atom is -0.356 e. The normalized spacial score (nSPS) is 11.6. The van der Waals surface area contributed by atoms with E-state index in [1.54, 1.807) is 0 Å². The minimum atomic E-state index is 0.907. The highest BCUT2D eigenvalue weighted by atomic mass is 127. The van der Waals surface area contributed by atoms with Gasteiger partial charge in [-0.05, 0) is 47.6 Å². The van der Waals surface area contributed by atoms with Crippen LogP contribution in [0.25, 0.3) is 0 Å². The number of nitrogens with zero attached hydrogens (tertiary/aromatic N) is 1. The second kappa shape index (κ2) is 8.74. The van der Waals surface area contributed by atoms with Crippen molar-refractivity contribution in [1.29, 1.82) is 0 Å². The van der Waals surface area contributed by atoms with Crippen molar-refractivity contribution in [2.75, 3.05) is 20.1 Å². The van der Waals surface area contributed by atoms with E-state index in [0.717, 1.165) is 25.5 Å². The van der Waals surface area contributed by atoms with Crippen molar-refractivity contribution in [2.45, 2.75) is 26.2 Å². The van der Waals surface area contributed by atoms with E-state index < -0.39 is 0 Å². The summed E-state index contributed by atoms with van der Waals surface area (Å²) in [6.45, 7) is 4.12. The predicted molar refractivity (Wildman–Crippen MR) is 85.0 cm³/mol. The zero-order chi connectivity index (χ0) is 12.5. The molecule has 96 valence electrons. The zero-order valence-electron chi connectivity index (χ0n) is 10.4. The van der Waals surface area contributed by atoms with Crippen LogP contribution in [0.15, 0.2) is 17.1 Å². The smallest absolute Gasteiger partial charge is 0.190 e. The SMILES string of the molecule is CCCCNC(=NC)NCCc1ccc(I)s1. The molecule has 1 rings (SSSR count). The number of aliphatic imine (C=N–C) groups is 1. The van der Waals surface area contributed by atoms with Crippen molar-refractivity contribution in [1.82, 2.24) is 10.6 Å². The summed E-state index contributed by atoms with van der Waals surface area (Å²) in [5.41, 5.74) is 0. The van der Waals surface area contributed by atoms with Crippen LogP contribution >= 0.6 is 33.9 Å². The van der Waals surface area contributed by atoms with E-state index in [2.05, 4.69) is 57.3 Å². The number of halogens is 1. The quantitative estimate of drug-likeness (QED) is 0.352. The molecule has 0 aromatic carbocycles. The average molecular weight is 365 g/mol. The van der Waals surface area contributed by atoms with Gasteiger partial charge in [0.25, 0.3) is 0 Å². The first kappa shape index (κ1) is 14.8. The number of rotatable bonds is 6. The van der Waals surface area contributed by atoms with Crippen molar-refractivity contribution in [3.63, 3.8) is 0 Å². The summed E-state index contributed by atoms with van der Waals surface area (Å²) < 4.78 is 1.35. The molecular weight excluding hydrogens is 345 g/mol. The molecule has 0 aliphatic rings. The molecule has 0 atom stereocenters. The van der Waals surface area contributed by atoms with E-state index in [9.17, 15) is 0 Å². The van der Waals surface area contributed by atoms with Gasteiger partial charge in [-0.25, -0.2) is 0 Å². The highest BCUT2D eigenvalue weighted by Crippen LogP contribution is 2.18. The lowest BCUT2D eigenvalue weighted by Gasteiger charge is -2.10. The fourth-order valence-corrected chi connectivity index (χ4v) is 3.15. The lowest BCUT2D eigenvalue weighted by Crippen LogP contribution is -2.38. The van der Waals surface area contributed by atoms with Gasteiger partial charge < -0.3 is 10.6 Å². The first-order valence-electron chi connectivity index (χ1n) is 5.95. The third-order valence-corrected chi connectivity index (χ3v) is 4.29. The van der Waals surface area contributed by atoms with E-state index in [-0.39, 0.29) is 0 Å². The van der Waals surface area contributed by atoms with Crippen molar-refractivity contribution < 1.29 is 0 Å². The Bertz CT molecular complexity index is 349. The first-order valence-corrected chi connectivity index (χ1v) is 7.84. The lowest BCUT2D eigenvalue weighted by atomic mass is 10.3. The van der Waals surface area contributed by atoms with E-state index >= 15 is 0 Å². The van der Waals surface area contributed by atoms with Crippen molar-refractivity contribution in [3.05, 3.63) is 19.9 Å². The molecule has 1 aromatic rings. The molecular formula is C12H20IN3S. The first-order chi connectivity index (χ1) is 8.26. The number of nitrogens with one attached hydrogen (secondary N) is 2. The van der Waals surface area contributed by atoms with Crippen molar-refractivity contribution >= 4 is 39.9 Å². The molecule has 0 fully saturated rings. The van der Waals surface area contributed by atoms with E-state index in [4.69, 9.17) is 0 Å². The van der Waals surface area contributed by atoms with Gasteiger partial charge in [0.1, 0.15) is 0 Å². The van der Waals surface area contributed by atoms with Gasteiger partial charge in [-0.15, -0.1) is 11.3 Å². The molecule has 0 spiro atoms. The Balaban J connectivity index is 2.19. The summed E-state index contributed by atoms with van der Waals surface area (Å²) in [6, 6.07) is 4.36. The third-order valence-electron chi connectivity index (χ3n) is 2.34. The molecule has 3 nitrogen and oxygen atoms in total. The van der Waals surface area contributed by atoms with Crippen molar-refractivity contribution in [2.24, 2.45) is 4.99 Å². The molecule has 2 N–H and O–H groups in total. The Labute approximate surface area is 121 Å². The van der Waals surface area contributed by atoms with Crippen LogP contribution in [0.2, 0.25) is 0 Å². The van der Waals surface area contributed by atoms with Crippen LogP contribution in [-0.2, 0) is 6.42 Å². The third kappa shape index (κ3) is 6.26. The van der Waals surface area contributed by atoms with Gasteiger partial charge >= 0.3 is 0 Å². The van der Waals surface area contributed by atoms with Crippen LogP contribution in [0.5, 0.6) is 0 Å². The van der Waals surface area contributed by atoms with Crippen LogP contribution in [0.1, 0.15) is 24.6 Å². The standard InChI is InChI=1S/C12H20IN3S/c1-3-4-8-15-12(14-2)16-9-7-10-5-6-11(13)17-10/h5-6H,3-4,7-9H2,1-2H3,(H2,14,15,16). The van der Waals surface area contributed by atoms with Crippen molar-refractivity contribution in [3.8, 4) is 0 Å². The highest BCUT2D eigenvalue weighted by molar-refractivity contribution is 14.1. The van der Waals surface area contributed by atoms with Gasteiger partial charge in [-0.2, -0.15) is 0 Å². The second-order valence-electron chi connectivity index (χ2n) is 3.74. The van der Waals surface area contributed by atoms with Crippen LogP contribution in [0.4, 0.5) is 0 Å². The molecule has 0 saturated carbocycles. The molecule has 0 bridgehead atoms. The number of unbranched alkanes of at least 4 members (excludes halogenated alkanes) is 1. The summed E-state index contributed by atoms with van der Waals surface area (Å²) >= 11 is 4.21. The molecule has 0 saturated heterocycles. The van der Waals surface area contributed by atoms with Crippen LogP contribution in [-0.4, -0.2) is 26.1 Å². The average Bonchev–Trinajstić information content (AvgIpc) is 2.73. The predicted octanol–water partition coefficient (Wildman–Crippen LogP) is 2.86. The molecule has 0 unspecified atom stereocenters. The molecule has 0 aliphatic carbocycles. The monoisotopic (exact) mass is 365 g/mol. The van der Waals surface area contributed by atoms with Crippen LogP contribution < -0.4 is 10.6 Å². The molecule has 17 heavy (non-hydrogen) atoms. The molecule has 0 aliphatic heterocycles. The number of hydrogen-bond acceptors (Lipinski definition) is 2. The number of guanidine groups is 1. The lowest BCUT2D eigenvalue weighted by molar-refractivity contribution is 0.727. The van der Waals surface area contributed by atoms with Crippen LogP contribution in [0.3, 0.4) is 0 Å². The fourth-order valence-electron chi connectivity index (χ4n) is 1.39. The molecule has 0 radical (unpaired) electrons. The van der Waals surface area contributed by atoms with Crippen LogP contribution in [0, 0.1) is 2.88 Å². The zero-order valence-corrected chi connectivity index (χ0v) is 13.4. The summed E-state index contributed by atoms with van der Waals surface area (Å²) in [7, 11) is 1.81. The molecule has 1 aromatic heterocycles. The Kier molecular flexibility index (Phi) is 7.59. The van der Waals surface area contributed by atoms with E-state index in [0.29, 0.717) is 0 Å². The van der Waals surface area contributed by atoms with Gasteiger partial charge in [-0.1, -0.05) is 13.3 Å². The van der Waals surface area contributed by atoms with Gasteiger partial charge in [-0.3, -0.25) is 4.99 Å². The number of hydrogen-bond donors (Lipinski definition) is 2. The number of thiophene rings is 1. The fraction of sp³-hybridized carbons (Fsp3) is 0.583. The Morgan fingerprint density at radius 3 is 2.71 bits per heavy atom. The summed E-state index contributed by atoms with van der Waals surface area (Å²) in [5, 5.41) is 6.63. The van der Waals surface area contributed by atoms with Gasteiger partial charge in [0.2, 0.25) is 0 Å². The van der Waals surface area contributed by atoms with Gasteiger partial charge in [0, 0.05) is 25.0 Å². The van der Waals surface area contributed by atoms with Gasteiger partial charge in [0.15, 0.2) is 5.96 Å². The maximum Gasteiger partial charge on any atom is 0.190 e.